The highest BCUT2D eigenvalue weighted by Gasteiger charge is 2.10. The summed E-state index contributed by atoms with van der Waals surface area (Å²) in [7, 11) is 0. The van der Waals surface area contributed by atoms with E-state index in [0.717, 1.165) is 16.8 Å². The molecule has 1 aliphatic heterocycles. The van der Waals surface area contributed by atoms with Crippen molar-refractivity contribution in [1.82, 2.24) is 0 Å². The molecule has 1 aliphatic rings. The third-order valence-corrected chi connectivity index (χ3v) is 3.50. The first-order valence-electron chi connectivity index (χ1n) is 5.65. The third kappa shape index (κ3) is 2.56. The van der Waals surface area contributed by atoms with Crippen LogP contribution in [0.15, 0.2) is 44.6 Å². The van der Waals surface area contributed by atoms with Crippen LogP contribution >= 0.6 is 11.8 Å². The smallest absolute Gasteiger partial charge is 0.138 e. The van der Waals surface area contributed by atoms with E-state index in [1.165, 1.54) is 12.1 Å². The van der Waals surface area contributed by atoms with Crippen molar-refractivity contribution in [1.29, 1.82) is 0 Å². The van der Waals surface area contributed by atoms with Crippen LogP contribution in [0.3, 0.4) is 0 Å². The standard InChI is InChI=1S/C14H10FNO2S/c15-9-1-3-12(13(17)5-9)14-4-2-10(18-14)6-11-7-16-8-19-11/h1-7,17H,8H2/b11-6-. The number of phenols is 1. The maximum atomic E-state index is 12.9. The average Bonchev–Trinajstić information content (AvgIpc) is 3.01. The Bertz CT molecular complexity index is 676. The van der Waals surface area contributed by atoms with Gasteiger partial charge in [0.15, 0.2) is 0 Å². The van der Waals surface area contributed by atoms with Crippen molar-refractivity contribution in [2.45, 2.75) is 0 Å². The molecule has 1 aromatic heterocycles. The molecule has 0 spiro atoms. The normalized spacial score (nSPS) is 16.4. The number of aromatic hydroxyl groups is 1. The lowest BCUT2D eigenvalue weighted by atomic mass is 10.1. The van der Waals surface area contributed by atoms with E-state index in [2.05, 4.69) is 4.99 Å². The lowest BCUT2D eigenvalue weighted by Gasteiger charge is -2.00. The van der Waals surface area contributed by atoms with Crippen LogP contribution in [0, 0.1) is 5.82 Å². The zero-order valence-electron chi connectivity index (χ0n) is 9.84. The average molecular weight is 275 g/mol. The second kappa shape index (κ2) is 4.93. The maximum Gasteiger partial charge on any atom is 0.138 e. The highest BCUT2D eigenvalue weighted by Crippen LogP contribution is 2.32. The van der Waals surface area contributed by atoms with E-state index in [0.29, 0.717) is 17.1 Å². The summed E-state index contributed by atoms with van der Waals surface area (Å²) in [6.45, 7) is 0. The van der Waals surface area contributed by atoms with E-state index in [1.807, 2.05) is 6.08 Å². The topological polar surface area (TPSA) is 45.7 Å². The van der Waals surface area contributed by atoms with Crippen molar-refractivity contribution in [3.63, 3.8) is 0 Å². The van der Waals surface area contributed by atoms with E-state index >= 15 is 0 Å². The minimum atomic E-state index is -0.478. The second-order valence-corrected chi connectivity index (χ2v) is 5.01. The first-order valence-corrected chi connectivity index (χ1v) is 6.64. The molecule has 0 bridgehead atoms. The molecule has 2 aromatic rings. The zero-order chi connectivity index (χ0) is 13.2. The van der Waals surface area contributed by atoms with E-state index < -0.39 is 5.82 Å². The summed E-state index contributed by atoms with van der Waals surface area (Å²) >= 11 is 1.63. The number of furan rings is 1. The van der Waals surface area contributed by atoms with Crippen molar-refractivity contribution in [3.05, 3.63) is 46.8 Å². The molecule has 0 radical (unpaired) electrons. The summed E-state index contributed by atoms with van der Waals surface area (Å²) in [6, 6.07) is 7.39. The van der Waals surface area contributed by atoms with E-state index in [1.54, 1.807) is 30.1 Å². The Balaban J connectivity index is 1.92. The van der Waals surface area contributed by atoms with Crippen LogP contribution < -0.4 is 0 Å². The predicted molar refractivity (Wildman–Crippen MR) is 74.7 cm³/mol. The number of allylic oxidation sites excluding steroid dienone is 1. The van der Waals surface area contributed by atoms with Crippen LogP contribution in [0.25, 0.3) is 17.4 Å². The highest BCUT2D eigenvalue weighted by molar-refractivity contribution is 8.04. The minimum absolute atomic E-state index is 0.134. The number of hydrogen-bond donors (Lipinski definition) is 1. The molecule has 3 nitrogen and oxygen atoms in total. The molecule has 3 rings (SSSR count). The summed E-state index contributed by atoms with van der Waals surface area (Å²) < 4.78 is 18.5. The van der Waals surface area contributed by atoms with Gasteiger partial charge >= 0.3 is 0 Å². The molecule has 96 valence electrons. The van der Waals surface area contributed by atoms with Gasteiger partial charge < -0.3 is 9.52 Å². The van der Waals surface area contributed by atoms with Crippen molar-refractivity contribution >= 4 is 24.1 Å². The van der Waals surface area contributed by atoms with Crippen LogP contribution in [-0.4, -0.2) is 17.2 Å². The molecule has 0 amide bonds. The Labute approximate surface area is 113 Å². The fourth-order valence-electron chi connectivity index (χ4n) is 1.78. The Morgan fingerprint density at radius 3 is 2.95 bits per heavy atom. The van der Waals surface area contributed by atoms with Crippen LogP contribution in [0.4, 0.5) is 4.39 Å². The van der Waals surface area contributed by atoms with Gasteiger partial charge in [0.05, 0.1) is 11.4 Å². The van der Waals surface area contributed by atoms with Crippen molar-refractivity contribution in [3.8, 4) is 17.1 Å². The second-order valence-electron chi connectivity index (χ2n) is 4.00. The minimum Gasteiger partial charge on any atom is -0.507 e. The highest BCUT2D eigenvalue weighted by atomic mass is 32.2. The fraction of sp³-hybridized carbons (Fsp3) is 0.0714. The summed E-state index contributed by atoms with van der Waals surface area (Å²) in [5.41, 5.74) is 0.471. The third-order valence-electron chi connectivity index (χ3n) is 2.66. The van der Waals surface area contributed by atoms with Gasteiger partial charge in [-0.3, -0.25) is 4.99 Å². The molecule has 0 fully saturated rings. The number of thioether (sulfide) groups is 1. The molecule has 0 aliphatic carbocycles. The van der Waals surface area contributed by atoms with Gasteiger partial charge in [-0.15, -0.1) is 11.8 Å². The lowest BCUT2D eigenvalue weighted by molar-refractivity contribution is 0.467. The molecule has 1 aromatic carbocycles. The first kappa shape index (κ1) is 12.0. The van der Waals surface area contributed by atoms with Gasteiger partial charge in [0.25, 0.3) is 0 Å². The van der Waals surface area contributed by atoms with Gasteiger partial charge in [0.2, 0.25) is 0 Å². The number of halogens is 1. The Morgan fingerprint density at radius 2 is 2.21 bits per heavy atom. The molecular formula is C14H10FNO2S. The first-order chi connectivity index (χ1) is 9.22. The van der Waals surface area contributed by atoms with Crippen LogP contribution in [0.1, 0.15) is 5.76 Å². The molecule has 0 unspecified atom stereocenters. The predicted octanol–water partition coefficient (Wildman–Crippen LogP) is 3.91. The Hall–Kier alpha value is -2.01. The van der Waals surface area contributed by atoms with Crippen molar-refractivity contribution in [2.75, 3.05) is 5.88 Å². The number of benzene rings is 1. The monoisotopic (exact) mass is 275 g/mol. The summed E-state index contributed by atoms with van der Waals surface area (Å²) in [4.78, 5) is 5.13. The molecule has 0 saturated carbocycles. The van der Waals surface area contributed by atoms with Gasteiger partial charge in [-0.05, 0) is 30.3 Å². The number of phenolic OH excluding ortho intramolecular Hbond substituents is 1. The van der Waals surface area contributed by atoms with E-state index in [-0.39, 0.29) is 5.75 Å². The van der Waals surface area contributed by atoms with Crippen molar-refractivity contribution < 1.29 is 13.9 Å². The molecule has 19 heavy (non-hydrogen) atoms. The SMILES string of the molecule is Oc1cc(F)ccc1-c1ccc(/C=C2/C=NCS2)o1. The zero-order valence-corrected chi connectivity index (χ0v) is 10.7. The van der Waals surface area contributed by atoms with Crippen LogP contribution in [-0.2, 0) is 0 Å². The Morgan fingerprint density at radius 1 is 1.32 bits per heavy atom. The van der Waals surface area contributed by atoms with Gasteiger partial charge in [-0.25, -0.2) is 4.39 Å². The van der Waals surface area contributed by atoms with Crippen molar-refractivity contribution in [2.24, 2.45) is 4.99 Å². The summed E-state index contributed by atoms with van der Waals surface area (Å²) in [5.74, 6) is 1.30. The maximum absolute atomic E-state index is 12.9. The number of nitrogens with zero attached hydrogens (tertiary/aromatic N) is 1. The molecule has 2 heterocycles. The number of aliphatic imine (C=N–C) groups is 1. The van der Waals surface area contributed by atoms with Crippen LogP contribution in [0.2, 0.25) is 0 Å². The summed E-state index contributed by atoms with van der Waals surface area (Å²) in [6.07, 6.45) is 3.67. The molecule has 5 heteroatoms. The lowest BCUT2D eigenvalue weighted by Crippen LogP contribution is -1.78. The van der Waals surface area contributed by atoms with E-state index in [4.69, 9.17) is 4.42 Å². The van der Waals surface area contributed by atoms with Gasteiger partial charge in [0.1, 0.15) is 23.1 Å². The van der Waals surface area contributed by atoms with Crippen LogP contribution in [0.5, 0.6) is 5.75 Å². The number of hydrogen-bond acceptors (Lipinski definition) is 4. The van der Waals surface area contributed by atoms with Gasteiger partial charge in [-0.2, -0.15) is 0 Å². The largest absolute Gasteiger partial charge is 0.507 e. The molecule has 0 atom stereocenters. The molecule has 0 saturated heterocycles. The Kier molecular flexibility index (Phi) is 3.13. The van der Waals surface area contributed by atoms with E-state index in [9.17, 15) is 9.50 Å². The summed E-state index contributed by atoms with van der Waals surface area (Å²) in [5, 5.41) is 9.70. The fourth-order valence-corrected chi connectivity index (χ4v) is 2.43. The van der Waals surface area contributed by atoms with Gasteiger partial charge in [0, 0.05) is 17.2 Å². The number of rotatable bonds is 2. The molecule has 1 N–H and O–H groups in total. The quantitative estimate of drug-likeness (QED) is 0.903. The molecular weight excluding hydrogens is 265 g/mol. The van der Waals surface area contributed by atoms with Gasteiger partial charge in [-0.1, -0.05) is 0 Å².